The van der Waals surface area contributed by atoms with Gasteiger partial charge in [-0.3, -0.25) is 4.79 Å². The van der Waals surface area contributed by atoms with Crippen molar-refractivity contribution in [3.63, 3.8) is 0 Å². The fourth-order valence-electron chi connectivity index (χ4n) is 4.41. The lowest BCUT2D eigenvalue weighted by Gasteiger charge is -2.30. The van der Waals surface area contributed by atoms with E-state index in [1.54, 1.807) is 25.2 Å². The van der Waals surface area contributed by atoms with Gasteiger partial charge in [-0.05, 0) is 42.7 Å². The number of fused-ring (bicyclic) bond motifs is 1. The first-order chi connectivity index (χ1) is 18.8. The van der Waals surface area contributed by atoms with Gasteiger partial charge in [-0.2, -0.15) is 15.0 Å². The SMILES string of the molecule is CNc1nc(-c2ccccc2)nc(N2CCCc3cc(C(=O)NCc4ccccc4OC(F)(F)F)ccc32)n1. The van der Waals surface area contributed by atoms with Crippen LogP contribution in [-0.4, -0.2) is 40.8 Å². The lowest BCUT2D eigenvalue weighted by Crippen LogP contribution is -2.28. The smallest absolute Gasteiger partial charge is 0.405 e. The first-order valence-corrected chi connectivity index (χ1v) is 12.3. The first kappa shape index (κ1) is 26.0. The predicted molar refractivity (Wildman–Crippen MR) is 141 cm³/mol. The number of aryl methyl sites for hydroxylation is 1. The van der Waals surface area contributed by atoms with Crippen molar-refractivity contribution in [1.29, 1.82) is 0 Å². The van der Waals surface area contributed by atoms with Crippen LogP contribution in [0.4, 0.5) is 30.8 Å². The van der Waals surface area contributed by atoms with Crippen LogP contribution in [0.3, 0.4) is 0 Å². The summed E-state index contributed by atoms with van der Waals surface area (Å²) in [5.41, 5.74) is 3.32. The molecule has 1 aliphatic heterocycles. The molecular formula is C28H25F3N6O2. The number of para-hydroxylation sites is 1. The van der Waals surface area contributed by atoms with Crippen molar-refractivity contribution in [1.82, 2.24) is 20.3 Å². The van der Waals surface area contributed by atoms with E-state index in [4.69, 9.17) is 4.98 Å². The number of hydrogen-bond donors (Lipinski definition) is 2. The molecule has 4 aromatic rings. The summed E-state index contributed by atoms with van der Waals surface area (Å²) in [6.45, 7) is 0.574. The number of hydrogen-bond acceptors (Lipinski definition) is 7. The monoisotopic (exact) mass is 534 g/mol. The Balaban J connectivity index is 1.37. The van der Waals surface area contributed by atoms with Crippen LogP contribution in [0, 0.1) is 0 Å². The largest absolute Gasteiger partial charge is 0.573 e. The summed E-state index contributed by atoms with van der Waals surface area (Å²) in [7, 11) is 1.75. The molecule has 1 aromatic heterocycles. The highest BCUT2D eigenvalue weighted by atomic mass is 19.4. The van der Waals surface area contributed by atoms with E-state index < -0.39 is 12.3 Å². The summed E-state index contributed by atoms with van der Waals surface area (Å²) in [6.07, 6.45) is -3.25. The molecule has 0 saturated heterocycles. The van der Waals surface area contributed by atoms with E-state index in [0.717, 1.165) is 29.7 Å². The molecule has 0 atom stereocenters. The molecule has 2 heterocycles. The van der Waals surface area contributed by atoms with E-state index >= 15 is 0 Å². The number of carbonyl (C=O) groups excluding carboxylic acids is 1. The molecule has 0 fully saturated rings. The van der Waals surface area contributed by atoms with E-state index in [0.29, 0.717) is 29.8 Å². The fourth-order valence-corrected chi connectivity index (χ4v) is 4.41. The van der Waals surface area contributed by atoms with Gasteiger partial charge in [0.25, 0.3) is 5.91 Å². The third-order valence-corrected chi connectivity index (χ3v) is 6.22. The molecule has 3 aromatic carbocycles. The molecule has 0 radical (unpaired) electrons. The van der Waals surface area contributed by atoms with Crippen LogP contribution in [0.5, 0.6) is 5.75 Å². The number of alkyl halides is 3. The molecule has 1 aliphatic rings. The van der Waals surface area contributed by atoms with Crippen LogP contribution in [-0.2, 0) is 13.0 Å². The number of halogens is 3. The van der Waals surface area contributed by atoms with E-state index in [1.807, 2.05) is 41.3 Å². The topological polar surface area (TPSA) is 92.3 Å². The van der Waals surface area contributed by atoms with Gasteiger partial charge >= 0.3 is 6.36 Å². The normalized spacial score (nSPS) is 13.0. The highest BCUT2D eigenvalue weighted by molar-refractivity contribution is 5.95. The number of nitrogens with one attached hydrogen (secondary N) is 2. The number of carbonyl (C=O) groups is 1. The highest BCUT2D eigenvalue weighted by Crippen LogP contribution is 2.34. The zero-order chi connectivity index (χ0) is 27.4. The summed E-state index contributed by atoms with van der Waals surface area (Å²) < 4.78 is 42.2. The quantitative estimate of drug-likeness (QED) is 0.324. The fraction of sp³-hybridized carbons (Fsp3) is 0.214. The summed E-state index contributed by atoms with van der Waals surface area (Å²) >= 11 is 0. The summed E-state index contributed by atoms with van der Waals surface area (Å²) in [6, 6.07) is 20.7. The van der Waals surface area contributed by atoms with Crippen molar-refractivity contribution in [2.75, 3.05) is 23.8 Å². The molecule has 1 amide bonds. The van der Waals surface area contributed by atoms with Crippen molar-refractivity contribution in [2.45, 2.75) is 25.7 Å². The second-order valence-corrected chi connectivity index (χ2v) is 8.84. The van der Waals surface area contributed by atoms with Gasteiger partial charge < -0.3 is 20.3 Å². The van der Waals surface area contributed by atoms with Crippen LogP contribution in [0.15, 0.2) is 72.8 Å². The Kier molecular flexibility index (Phi) is 7.31. The van der Waals surface area contributed by atoms with E-state index in [9.17, 15) is 18.0 Å². The molecular weight excluding hydrogens is 509 g/mol. The average molecular weight is 535 g/mol. The zero-order valence-corrected chi connectivity index (χ0v) is 21.0. The van der Waals surface area contributed by atoms with E-state index in [1.165, 1.54) is 18.2 Å². The van der Waals surface area contributed by atoms with Gasteiger partial charge in [0, 0.05) is 42.5 Å². The van der Waals surface area contributed by atoms with E-state index in [2.05, 4.69) is 25.3 Å². The molecule has 39 heavy (non-hydrogen) atoms. The lowest BCUT2D eigenvalue weighted by atomic mass is 9.99. The van der Waals surface area contributed by atoms with Gasteiger partial charge in [-0.1, -0.05) is 48.5 Å². The summed E-state index contributed by atoms with van der Waals surface area (Å²) in [5, 5.41) is 5.69. The molecule has 8 nitrogen and oxygen atoms in total. The van der Waals surface area contributed by atoms with E-state index in [-0.39, 0.29) is 17.9 Å². The molecule has 0 spiro atoms. The Bertz CT molecular complexity index is 1480. The number of aromatic nitrogens is 3. The predicted octanol–water partition coefficient (Wildman–Crippen LogP) is 5.49. The van der Waals surface area contributed by atoms with Crippen molar-refractivity contribution in [3.05, 3.63) is 89.5 Å². The van der Waals surface area contributed by atoms with Crippen LogP contribution >= 0.6 is 0 Å². The maximum Gasteiger partial charge on any atom is 0.573 e. The Morgan fingerprint density at radius 2 is 1.77 bits per heavy atom. The van der Waals surface area contributed by atoms with Gasteiger partial charge in [0.1, 0.15) is 5.75 Å². The number of anilines is 3. The van der Waals surface area contributed by atoms with Crippen LogP contribution < -0.4 is 20.3 Å². The number of amides is 1. The van der Waals surface area contributed by atoms with Crippen LogP contribution in [0.25, 0.3) is 11.4 Å². The number of benzene rings is 3. The minimum Gasteiger partial charge on any atom is -0.405 e. The second-order valence-electron chi connectivity index (χ2n) is 8.84. The Morgan fingerprint density at radius 3 is 2.54 bits per heavy atom. The van der Waals surface area contributed by atoms with Gasteiger partial charge in [-0.15, -0.1) is 13.2 Å². The van der Waals surface area contributed by atoms with Gasteiger partial charge in [-0.25, -0.2) is 0 Å². The van der Waals surface area contributed by atoms with Crippen LogP contribution in [0.2, 0.25) is 0 Å². The van der Waals surface area contributed by atoms with Crippen molar-refractivity contribution in [2.24, 2.45) is 0 Å². The minimum atomic E-state index is -4.82. The summed E-state index contributed by atoms with van der Waals surface area (Å²) in [5.74, 6) is 0.729. The molecule has 0 aliphatic carbocycles. The highest BCUT2D eigenvalue weighted by Gasteiger charge is 2.32. The molecule has 0 unspecified atom stereocenters. The Labute approximate surface area is 222 Å². The zero-order valence-electron chi connectivity index (χ0n) is 21.0. The maximum atomic E-state index is 12.9. The van der Waals surface area contributed by atoms with Crippen molar-refractivity contribution in [3.8, 4) is 17.1 Å². The summed E-state index contributed by atoms with van der Waals surface area (Å²) in [4.78, 5) is 28.7. The van der Waals surface area contributed by atoms with Crippen molar-refractivity contribution >= 4 is 23.5 Å². The molecule has 2 N–H and O–H groups in total. The third-order valence-electron chi connectivity index (χ3n) is 6.22. The Morgan fingerprint density at radius 1 is 1.00 bits per heavy atom. The van der Waals surface area contributed by atoms with Crippen molar-refractivity contribution < 1.29 is 22.7 Å². The third kappa shape index (κ3) is 6.08. The Hall–Kier alpha value is -4.67. The lowest BCUT2D eigenvalue weighted by molar-refractivity contribution is -0.274. The van der Waals surface area contributed by atoms with Gasteiger partial charge in [0.05, 0.1) is 0 Å². The van der Waals surface area contributed by atoms with Crippen LogP contribution in [0.1, 0.15) is 27.9 Å². The van der Waals surface area contributed by atoms with Gasteiger partial charge in [0.15, 0.2) is 5.82 Å². The average Bonchev–Trinajstić information content (AvgIpc) is 2.95. The second kappa shape index (κ2) is 11.0. The molecule has 5 rings (SSSR count). The standard InChI is InChI=1S/C28H25F3N6O2/c1-32-26-34-24(18-8-3-2-4-9-18)35-27(36-26)37-15-7-11-19-16-20(13-14-22(19)37)25(38)33-17-21-10-5-6-12-23(21)39-28(29,30)31/h2-6,8-10,12-14,16H,7,11,15,17H2,1H3,(H,33,38)(H,32,34,35,36). The van der Waals surface area contributed by atoms with Gasteiger partial charge in [0.2, 0.25) is 11.9 Å². The molecule has 0 saturated carbocycles. The number of ether oxygens (including phenoxy) is 1. The molecule has 0 bridgehead atoms. The first-order valence-electron chi connectivity index (χ1n) is 12.3. The minimum absolute atomic E-state index is 0.117. The number of rotatable bonds is 7. The number of nitrogens with zero attached hydrogens (tertiary/aromatic N) is 4. The molecule has 11 heteroatoms. The maximum absolute atomic E-state index is 12.9. The molecule has 200 valence electrons.